The molecule has 0 spiro atoms. The van der Waals surface area contributed by atoms with Crippen molar-refractivity contribution in [2.45, 2.75) is 12.5 Å². The molecule has 6 nitrogen and oxygen atoms in total. The highest BCUT2D eigenvalue weighted by Crippen LogP contribution is 2.31. The molecule has 0 fully saturated rings. The summed E-state index contributed by atoms with van der Waals surface area (Å²) in [4.78, 5) is 12.9. The maximum atomic E-state index is 12.9. The van der Waals surface area contributed by atoms with Gasteiger partial charge in [-0.1, -0.05) is 30.3 Å². The molecule has 2 heterocycles. The van der Waals surface area contributed by atoms with E-state index in [-0.39, 0.29) is 5.91 Å². The predicted octanol–water partition coefficient (Wildman–Crippen LogP) is 3.12. The number of fused-ring (bicyclic) bond motifs is 1. The van der Waals surface area contributed by atoms with Crippen LogP contribution in [0.15, 0.2) is 71.3 Å². The van der Waals surface area contributed by atoms with Gasteiger partial charge in [-0.05, 0) is 47.9 Å². The quantitative estimate of drug-likeness (QED) is 0.719. The number of hydrogen-bond acceptors (Lipinski definition) is 4. The van der Waals surface area contributed by atoms with Crippen LogP contribution in [-0.2, 0) is 16.4 Å². The number of rotatable bonds is 5. The van der Waals surface area contributed by atoms with Gasteiger partial charge in [0.2, 0.25) is 10.0 Å². The van der Waals surface area contributed by atoms with Crippen molar-refractivity contribution in [3.8, 4) is 0 Å². The first-order valence-corrected chi connectivity index (χ1v) is 10.8. The number of nitrogens with zero attached hydrogens (tertiary/aromatic N) is 1. The lowest BCUT2D eigenvalue weighted by Crippen LogP contribution is -2.29. The summed E-state index contributed by atoms with van der Waals surface area (Å²) >= 11 is 0. The van der Waals surface area contributed by atoms with Gasteiger partial charge in [0, 0.05) is 12.1 Å². The van der Waals surface area contributed by atoms with E-state index in [9.17, 15) is 13.2 Å². The van der Waals surface area contributed by atoms with E-state index in [2.05, 4.69) is 5.32 Å². The number of hydrogen-bond donors (Lipinski definition) is 1. The van der Waals surface area contributed by atoms with Crippen LogP contribution >= 0.6 is 0 Å². The minimum Gasteiger partial charge on any atom is -0.467 e. The molecule has 3 aromatic rings. The number of carbonyl (C=O) groups is 1. The molecule has 1 aliphatic rings. The lowest BCUT2D eigenvalue weighted by atomic mass is 10.0. The molecule has 4 rings (SSSR count). The summed E-state index contributed by atoms with van der Waals surface area (Å²) < 4.78 is 30.7. The van der Waals surface area contributed by atoms with E-state index in [1.54, 1.807) is 30.5 Å². The zero-order valence-electron chi connectivity index (χ0n) is 15.3. The zero-order chi connectivity index (χ0) is 19.7. The Labute approximate surface area is 163 Å². The molecule has 1 unspecified atom stereocenters. The van der Waals surface area contributed by atoms with Crippen LogP contribution in [0.1, 0.15) is 33.3 Å². The Hall–Kier alpha value is -3.06. The van der Waals surface area contributed by atoms with Crippen LogP contribution in [-0.4, -0.2) is 27.1 Å². The number of carbonyl (C=O) groups excluding carboxylic acids is 1. The van der Waals surface area contributed by atoms with Crippen LogP contribution in [0, 0.1) is 0 Å². The Balaban J connectivity index is 1.61. The van der Waals surface area contributed by atoms with Crippen molar-refractivity contribution in [3.05, 3.63) is 89.4 Å². The molecule has 2 aromatic carbocycles. The molecule has 1 N–H and O–H groups in total. The fourth-order valence-corrected chi connectivity index (χ4v) is 4.45. The molecular formula is C21H20N2O4S. The van der Waals surface area contributed by atoms with Gasteiger partial charge in [-0.25, -0.2) is 8.42 Å². The molecule has 1 atom stereocenters. The van der Waals surface area contributed by atoms with Crippen molar-refractivity contribution in [1.29, 1.82) is 0 Å². The minimum atomic E-state index is -3.31. The highest BCUT2D eigenvalue weighted by molar-refractivity contribution is 7.92. The van der Waals surface area contributed by atoms with Gasteiger partial charge >= 0.3 is 0 Å². The van der Waals surface area contributed by atoms with Crippen LogP contribution in [0.4, 0.5) is 5.69 Å². The van der Waals surface area contributed by atoms with Crippen molar-refractivity contribution in [1.82, 2.24) is 5.32 Å². The summed E-state index contributed by atoms with van der Waals surface area (Å²) in [5.41, 5.74) is 2.90. The lowest BCUT2D eigenvalue weighted by molar-refractivity contribution is 0.0939. The fraction of sp³-hybridized carbons (Fsp3) is 0.190. The topological polar surface area (TPSA) is 79.6 Å². The highest BCUT2D eigenvalue weighted by atomic mass is 32.2. The first kappa shape index (κ1) is 18.3. The van der Waals surface area contributed by atoms with Gasteiger partial charge < -0.3 is 9.73 Å². The standard InChI is InChI=1S/C21H20N2O4S/c1-28(25,26)23-12-11-16-14-17(9-10-18(16)23)21(24)22-20(19-8-5-13-27-19)15-6-3-2-4-7-15/h2-10,13-14,20H,11-12H2,1H3,(H,22,24). The number of sulfonamides is 1. The van der Waals surface area contributed by atoms with Gasteiger partial charge in [0.15, 0.2) is 0 Å². The number of anilines is 1. The van der Waals surface area contributed by atoms with Crippen LogP contribution < -0.4 is 9.62 Å². The summed E-state index contributed by atoms with van der Waals surface area (Å²) in [5.74, 6) is 0.398. The number of benzene rings is 2. The van der Waals surface area contributed by atoms with Gasteiger partial charge in [0.05, 0.1) is 18.2 Å². The summed E-state index contributed by atoms with van der Waals surface area (Å²) in [5, 5.41) is 3.02. The second kappa shape index (κ2) is 7.16. The number of amides is 1. The van der Waals surface area contributed by atoms with Crippen molar-refractivity contribution < 1.29 is 17.6 Å². The summed E-state index contributed by atoms with van der Waals surface area (Å²) in [6.45, 7) is 0.401. The second-order valence-electron chi connectivity index (χ2n) is 6.76. The third-order valence-corrected chi connectivity index (χ3v) is 6.01. The summed E-state index contributed by atoms with van der Waals surface area (Å²) in [7, 11) is -3.31. The molecule has 0 saturated carbocycles. The molecule has 0 bridgehead atoms. The first-order valence-electron chi connectivity index (χ1n) is 8.93. The van der Waals surface area contributed by atoms with Gasteiger partial charge in [0.1, 0.15) is 11.8 Å². The van der Waals surface area contributed by atoms with E-state index in [1.165, 1.54) is 10.6 Å². The highest BCUT2D eigenvalue weighted by Gasteiger charge is 2.27. The van der Waals surface area contributed by atoms with E-state index >= 15 is 0 Å². The van der Waals surface area contributed by atoms with E-state index < -0.39 is 16.1 Å². The normalized spacial score (nSPS) is 14.5. The lowest BCUT2D eigenvalue weighted by Gasteiger charge is -2.18. The van der Waals surface area contributed by atoms with E-state index in [1.807, 2.05) is 36.4 Å². The van der Waals surface area contributed by atoms with Crippen LogP contribution in [0.2, 0.25) is 0 Å². The van der Waals surface area contributed by atoms with Crippen molar-refractivity contribution in [2.24, 2.45) is 0 Å². The van der Waals surface area contributed by atoms with Gasteiger partial charge in [0.25, 0.3) is 5.91 Å². The van der Waals surface area contributed by atoms with Crippen molar-refractivity contribution in [2.75, 3.05) is 17.1 Å². The minimum absolute atomic E-state index is 0.245. The molecule has 1 aromatic heterocycles. The van der Waals surface area contributed by atoms with E-state index in [0.717, 1.165) is 11.1 Å². The summed E-state index contributed by atoms with van der Waals surface area (Å²) in [6, 6.07) is 17.9. The molecule has 0 aliphatic carbocycles. The van der Waals surface area contributed by atoms with Crippen LogP contribution in [0.3, 0.4) is 0 Å². The number of nitrogens with one attached hydrogen (secondary N) is 1. The van der Waals surface area contributed by atoms with Gasteiger partial charge in [-0.2, -0.15) is 0 Å². The molecule has 1 amide bonds. The van der Waals surface area contributed by atoms with Crippen molar-refractivity contribution >= 4 is 21.6 Å². The zero-order valence-corrected chi connectivity index (χ0v) is 16.1. The van der Waals surface area contributed by atoms with Gasteiger partial charge in [-0.3, -0.25) is 9.10 Å². The Morgan fingerprint density at radius 1 is 1.11 bits per heavy atom. The van der Waals surface area contributed by atoms with Crippen molar-refractivity contribution in [3.63, 3.8) is 0 Å². The Bertz CT molecular complexity index is 1090. The Morgan fingerprint density at radius 2 is 1.89 bits per heavy atom. The molecular weight excluding hydrogens is 376 g/mol. The average molecular weight is 396 g/mol. The molecule has 0 saturated heterocycles. The van der Waals surface area contributed by atoms with Crippen LogP contribution in [0.25, 0.3) is 0 Å². The molecule has 28 heavy (non-hydrogen) atoms. The van der Waals surface area contributed by atoms with E-state index in [4.69, 9.17) is 4.42 Å². The maximum absolute atomic E-state index is 12.9. The summed E-state index contributed by atoms with van der Waals surface area (Å²) in [6.07, 6.45) is 3.35. The van der Waals surface area contributed by atoms with Crippen LogP contribution in [0.5, 0.6) is 0 Å². The Kier molecular flexibility index (Phi) is 4.68. The third-order valence-electron chi connectivity index (χ3n) is 4.83. The second-order valence-corrected chi connectivity index (χ2v) is 8.67. The molecule has 0 radical (unpaired) electrons. The smallest absolute Gasteiger partial charge is 0.252 e. The number of furan rings is 1. The van der Waals surface area contributed by atoms with Gasteiger partial charge in [-0.15, -0.1) is 0 Å². The predicted molar refractivity (Wildman–Crippen MR) is 107 cm³/mol. The molecule has 144 valence electrons. The maximum Gasteiger partial charge on any atom is 0.252 e. The third kappa shape index (κ3) is 3.53. The molecule has 7 heteroatoms. The Morgan fingerprint density at radius 3 is 2.57 bits per heavy atom. The largest absolute Gasteiger partial charge is 0.467 e. The van der Waals surface area contributed by atoms with E-state index in [0.29, 0.717) is 30.0 Å². The fourth-order valence-electron chi connectivity index (χ4n) is 3.49. The molecule has 1 aliphatic heterocycles. The monoisotopic (exact) mass is 396 g/mol. The first-order chi connectivity index (χ1) is 13.4. The SMILES string of the molecule is CS(=O)(=O)N1CCc2cc(C(=O)NC(c3ccccc3)c3ccco3)ccc21. The average Bonchev–Trinajstić information content (AvgIpc) is 3.35.